The molecule has 2 heterocycles. The van der Waals surface area contributed by atoms with Gasteiger partial charge in [-0.2, -0.15) is 0 Å². The molecule has 43 heavy (non-hydrogen) atoms. The first-order valence-corrected chi connectivity index (χ1v) is 23.6. The molecule has 8 heteroatoms. The van der Waals surface area contributed by atoms with Crippen molar-refractivity contribution in [2.24, 2.45) is 0 Å². The summed E-state index contributed by atoms with van der Waals surface area (Å²) in [6.45, 7) is 22.8. The summed E-state index contributed by atoms with van der Waals surface area (Å²) in [4.78, 5) is 2.50. The van der Waals surface area contributed by atoms with E-state index in [9.17, 15) is 0 Å². The van der Waals surface area contributed by atoms with Crippen molar-refractivity contribution in [2.45, 2.75) is 83.7 Å². The fraction of sp³-hybridized carbons (Fsp3) is 0.600. The fourth-order valence-electron chi connectivity index (χ4n) is 5.34. The zero-order valence-electron chi connectivity index (χ0n) is 27.8. The third kappa shape index (κ3) is 11.1. The third-order valence-electron chi connectivity index (χ3n) is 8.27. The Kier molecular flexibility index (Phi) is 12.4. The highest BCUT2D eigenvalue weighted by atomic mass is 28.3. The van der Waals surface area contributed by atoms with Crippen molar-refractivity contribution < 1.29 is 23.7 Å². The molecule has 0 N–H and O–H groups in total. The molecule has 4 rings (SSSR count). The predicted molar refractivity (Wildman–Crippen MR) is 183 cm³/mol. The Balaban J connectivity index is 1.44. The van der Waals surface area contributed by atoms with E-state index in [0.29, 0.717) is 13.2 Å². The lowest BCUT2D eigenvalue weighted by molar-refractivity contribution is 0.0218. The number of rotatable bonds is 16. The lowest BCUT2D eigenvalue weighted by Gasteiger charge is -2.31. The largest absolute Gasteiger partial charge is 0.492 e. The monoisotopic (exact) mass is 625 g/mol. The molecule has 6 nitrogen and oxygen atoms in total. The van der Waals surface area contributed by atoms with E-state index in [-0.39, 0.29) is 12.9 Å². The maximum absolute atomic E-state index is 6.72. The van der Waals surface area contributed by atoms with E-state index in [2.05, 4.69) is 81.4 Å². The normalized spacial score (nSPS) is 17.9. The topological polar surface area (TPSA) is 49.4 Å². The van der Waals surface area contributed by atoms with Gasteiger partial charge < -0.3 is 23.7 Å². The highest BCUT2D eigenvalue weighted by molar-refractivity contribution is 6.76. The standard InChI is InChI=1S/C35H55NO5Si2/c1-28-32-16-15-31(40-27-38-22-24-43(5,6)7)25-34(32)41-35(33(28)26-37-21-23-42(2,3)4)29-11-13-30(14-12-29)39-20-19-36-17-9-8-10-18-36/h11-16,25,35H,8-10,17-24,26-27H2,1-7H3. The van der Waals surface area contributed by atoms with E-state index in [1.807, 2.05) is 12.1 Å². The summed E-state index contributed by atoms with van der Waals surface area (Å²) in [7, 11) is -2.30. The Bertz CT molecular complexity index is 1180. The van der Waals surface area contributed by atoms with Crippen LogP contribution in [0.4, 0.5) is 0 Å². The molecule has 1 saturated heterocycles. The van der Waals surface area contributed by atoms with Crippen LogP contribution in [0, 0.1) is 0 Å². The van der Waals surface area contributed by atoms with Crippen LogP contribution in [0.2, 0.25) is 51.4 Å². The molecule has 2 aliphatic rings. The van der Waals surface area contributed by atoms with E-state index in [0.717, 1.165) is 60.2 Å². The first kappa shape index (κ1) is 33.8. The summed E-state index contributed by atoms with van der Waals surface area (Å²) in [6.07, 6.45) is 3.73. The quantitative estimate of drug-likeness (QED) is 0.106. The van der Waals surface area contributed by atoms with Gasteiger partial charge in [-0.25, -0.2) is 0 Å². The molecule has 0 bridgehead atoms. The van der Waals surface area contributed by atoms with E-state index in [1.165, 1.54) is 43.5 Å². The van der Waals surface area contributed by atoms with Gasteiger partial charge in [0.2, 0.25) is 0 Å². The van der Waals surface area contributed by atoms with Crippen LogP contribution in [-0.2, 0) is 9.47 Å². The van der Waals surface area contributed by atoms with Crippen LogP contribution in [0.25, 0.3) is 5.57 Å². The number of hydrogen-bond acceptors (Lipinski definition) is 6. The van der Waals surface area contributed by atoms with Crippen LogP contribution in [-0.4, -0.2) is 73.9 Å². The van der Waals surface area contributed by atoms with E-state index < -0.39 is 16.1 Å². The van der Waals surface area contributed by atoms with E-state index in [1.54, 1.807) is 0 Å². The molecule has 0 radical (unpaired) electrons. The zero-order chi connectivity index (χ0) is 30.9. The summed E-state index contributed by atoms with van der Waals surface area (Å²) in [5, 5.41) is 0. The van der Waals surface area contributed by atoms with Crippen LogP contribution in [0.3, 0.4) is 0 Å². The Labute approximate surface area is 262 Å². The minimum absolute atomic E-state index is 0.231. The number of piperidine rings is 1. The van der Waals surface area contributed by atoms with Gasteiger partial charge in [-0.15, -0.1) is 0 Å². The zero-order valence-corrected chi connectivity index (χ0v) is 29.8. The maximum Gasteiger partial charge on any atom is 0.189 e. The molecule has 2 aromatic carbocycles. The lowest BCUT2D eigenvalue weighted by Crippen LogP contribution is -2.33. The van der Waals surface area contributed by atoms with Crippen molar-refractivity contribution in [2.75, 3.05) is 52.9 Å². The second kappa shape index (κ2) is 15.8. The van der Waals surface area contributed by atoms with Crippen molar-refractivity contribution in [3.05, 3.63) is 59.2 Å². The molecule has 1 unspecified atom stereocenters. The number of ether oxygens (including phenoxy) is 5. The van der Waals surface area contributed by atoms with Gasteiger partial charge >= 0.3 is 0 Å². The molecule has 1 fully saturated rings. The van der Waals surface area contributed by atoms with Crippen molar-refractivity contribution in [1.29, 1.82) is 0 Å². The van der Waals surface area contributed by atoms with Gasteiger partial charge in [-0.05, 0) is 80.3 Å². The number of nitrogens with zero attached hydrogens (tertiary/aromatic N) is 1. The molecule has 0 spiro atoms. The van der Waals surface area contributed by atoms with Gasteiger partial charge in [0.1, 0.15) is 30.0 Å². The maximum atomic E-state index is 6.72. The van der Waals surface area contributed by atoms with Crippen molar-refractivity contribution in [3.8, 4) is 17.2 Å². The SMILES string of the molecule is CC1=C(COCC[Si](C)(C)C)C(c2ccc(OCCN3CCCCC3)cc2)Oc2cc(OCOCC[Si](C)(C)C)ccc21. The molecule has 2 aliphatic heterocycles. The van der Waals surface area contributed by atoms with Crippen LogP contribution in [0.5, 0.6) is 17.2 Å². The molecule has 0 amide bonds. The molecule has 0 aliphatic carbocycles. The van der Waals surface area contributed by atoms with Crippen LogP contribution in [0.1, 0.15) is 43.4 Å². The van der Waals surface area contributed by atoms with Gasteiger partial charge in [-0.1, -0.05) is 57.8 Å². The molecule has 0 saturated carbocycles. The van der Waals surface area contributed by atoms with Gasteiger partial charge in [0.05, 0.1) is 6.61 Å². The Morgan fingerprint density at radius 2 is 1.42 bits per heavy atom. The molecule has 2 aromatic rings. The highest BCUT2D eigenvalue weighted by Crippen LogP contribution is 2.43. The van der Waals surface area contributed by atoms with E-state index >= 15 is 0 Å². The summed E-state index contributed by atoms with van der Waals surface area (Å²) in [5.74, 6) is 2.48. The minimum atomic E-state index is -1.17. The third-order valence-corrected chi connectivity index (χ3v) is 11.7. The van der Waals surface area contributed by atoms with Crippen molar-refractivity contribution in [1.82, 2.24) is 4.90 Å². The highest BCUT2D eigenvalue weighted by Gasteiger charge is 2.29. The van der Waals surface area contributed by atoms with E-state index in [4.69, 9.17) is 23.7 Å². The van der Waals surface area contributed by atoms with Gasteiger partial charge in [-0.3, -0.25) is 4.90 Å². The van der Waals surface area contributed by atoms with Crippen molar-refractivity contribution >= 4 is 21.7 Å². The second-order valence-electron chi connectivity index (χ2n) is 14.5. The van der Waals surface area contributed by atoms with Gasteiger partial charge in [0, 0.05) is 53.1 Å². The molecular formula is C35H55NO5Si2. The molecule has 238 valence electrons. The van der Waals surface area contributed by atoms with Gasteiger partial charge in [0.15, 0.2) is 6.79 Å². The number of allylic oxidation sites excluding steroid dienone is 1. The number of fused-ring (bicyclic) bond motifs is 1. The number of benzene rings is 2. The summed E-state index contributed by atoms with van der Waals surface area (Å²) < 4.78 is 30.8. The molecular weight excluding hydrogens is 571 g/mol. The molecule has 0 aromatic heterocycles. The number of likely N-dealkylation sites (tertiary alicyclic amines) is 1. The summed E-state index contributed by atoms with van der Waals surface area (Å²) >= 11 is 0. The smallest absolute Gasteiger partial charge is 0.189 e. The molecule has 1 atom stereocenters. The Morgan fingerprint density at radius 3 is 2.09 bits per heavy atom. The Hall–Kier alpha value is -2.11. The second-order valence-corrected chi connectivity index (χ2v) is 25.7. The fourth-order valence-corrected chi connectivity index (χ4v) is 6.86. The number of hydrogen-bond donors (Lipinski definition) is 0. The summed E-state index contributed by atoms with van der Waals surface area (Å²) in [5.41, 5.74) is 4.56. The average molecular weight is 626 g/mol. The lowest BCUT2D eigenvalue weighted by atomic mass is 9.90. The predicted octanol–water partition coefficient (Wildman–Crippen LogP) is 8.50. The van der Waals surface area contributed by atoms with Gasteiger partial charge in [0.25, 0.3) is 0 Å². The first-order valence-electron chi connectivity index (χ1n) is 16.2. The van der Waals surface area contributed by atoms with Crippen LogP contribution >= 0.6 is 0 Å². The minimum Gasteiger partial charge on any atom is -0.492 e. The average Bonchev–Trinajstić information content (AvgIpc) is 2.96. The van der Waals surface area contributed by atoms with Crippen LogP contribution < -0.4 is 14.2 Å². The Morgan fingerprint density at radius 1 is 0.767 bits per heavy atom. The van der Waals surface area contributed by atoms with Crippen LogP contribution in [0.15, 0.2) is 48.0 Å². The first-order chi connectivity index (χ1) is 20.5. The summed E-state index contributed by atoms with van der Waals surface area (Å²) in [6, 6.07) is 16.8. The van der Waals surface area contributed by atoms with Crippen molar-refractivity contribution in [3.63, 3.8) is 0 Å².